The average molecular weight is 343 g/mol. The lowest BCUT2D eigenvalue weighted by molar-refractivity contribution is -0.385. The second kappa shape index (κ2) is 5.17. The largest absolute Gasteiger partial charge is 0.467 e. The first-order valence-electron chi connectivity index (χ1n) is 7.71. The van der Waals surface area contributed by atoms with Gasteiger partial charge in [-0.1, -0.05) is 6.07 Å². The van der Waals surface area contributed by atoms with Crippen LogP contribution in [-0.2, 0) is 0 Å². The van der Waals surface area contributed by atoms with E-state index < -0.39 is 28.5 Å². The van der Waals surface area contributed by atoms with Crippen molar-refractivity contribution in [3.63, 3.8) is 0 Å². The van der Waals surface area contributed by atoms with Gasteiger partial charge in [-0.2, -0.15) is 0 Å². The molecule has 4 rings (SSSR count). The summed E-state index contributed by atoms with van der Waals surface area (Å²) in [5, 5.41) is 13.8. The number of carbonyl (C=O) groups excluding carboxylic acids is 1. The summed E-state index contributed by atoms with van der Waals surface area (Å²) in [5.74, 6) is 0.00797. The maximum atomic E-state index is 13.6. The highest BCUT2D eigenvalue weighted by atomic mass is 19.1. The molecule has 2 aliphatic heterocycles. The fraction of sp³-hybridized carbons (Fsp3) is 0.235. The number of hydrogen-bond acceptors (Lipinski definition) is 4. The number of nitro benzene ring substituents is 1. The highest BCUT2D eigenvalue weighted by molar-refractivity contribution is 5.94. The van der Waals surface area contributed by atoms with Crippen molar-refractivity contribution in [1.29, 1.82) is 0 Å². The Morgan fingerprint density at radius 2 is 2.16 bits per heavy atom. The number of amides is 2. The van der Waals surface area contributed by atoms with Gasteiger partial charge in [-0.05, 0) is 31.2 Å². The molecule has 7 nitrogen and oxygen atoms in total. The summed E-state index contributed by atoms with van der Waals surface area (Å²) >= 11 is 0. The number of non-ortho nitro benzene ring substituents is 1. The number of fused-ring (bicyclic) bond motifs is 4. The summed E-state index contributed by atoms with van der Waals surface area (Å²) in [6.45, 7) is 1.74. The highest BCUT2D eigenvalue weighted by Gasteiger charge is 2.50. The maximum Gasteiger partial charge on any atom is 0.325 e. The van der Waals surface area contributed by atoms with E-state index in [1.807, 2.05) is 0 Å². The number of nitro groups is 1. The minimum Gasteiger partial charge on any atom is -0.467 e. The quantitative estimate of drug-likeness (QED) is 0.668. The lowest BCUT2D eigenvalue weighted by Crippen LogP contribution is -2.65. The van der Waals surface area contributed by atoms with Crippen molar-refractivity contribution in [2.24, 2.45) is 0 Å². The van der Waals surface area contributed by atoms with Gasteiger partial charge in [-0.15, -0.1) is 0 Å². The van der Waals surface area contributed by atoms with E-state index in [0.717, 1.165) is 0 Å². The Labute approximate surface area is 142 Å². The molecule has 1 fully saturated rings. The molecular formula is C17H14FN3O4. The third kappa shape index (κ3) is 2.37. The standard InChI is InChI=1S/C17H14FN3O4/c1-17-9-14(13-8-12(21(23)24)5-6-15(13)25-17)19-16(22)20(17)11-4-2-3-10(18)7-11/h2-8,14H,9H2,1H3,(H,19,22)/t14-,17-/m1/s1. The molecule has 128 valence electrons. The van der Waals surface area contributed by atoms with Crippen LogP contribution in [0.15, 0.2) is 42.5 Å². The zero-order chi connectivity index (χ0) is 17.8. The molecule has 8 heteroatoms. The van der Waals surface area contributed by atoms with Crippen LogP contribution in [0, 0.1) is 15.9 Å². The summed E-state index contributed by atoms with van der Waals surface area (Å²) in [6, 6.07) is 9.16. The van der Waals surface area contributed by atoms with E-state index in [1.54, 1.807) is 13.0 Å². The number of carbonyl (C=O) groups is 1. The fourth-order valence-electron chi connectivity index (χ4n) is 3.48. The summed E-state index contributed by atoms with van der Waals surface area (Å²) in [7, 11) is 0. The summed E-state index contributed by atoms with van der Waals surface area (Å²) < 4.78 is 19.6. The molecule has 0 radical (unpaired) electrons. The number of nitrogens with zero attached hydrogens (tertiary/aromatic N) is 2. The molecule has 1 saturated heterocycles. The van der Waals surface area contributed by atoms with Crippen LogP contribution in [0.1, 0.15) is 24.9 Å². The Bertz CT molecular complexity index is 903. The Morgan fingerprint density at radius 1 is 1.36 bits per heavy atom. The van der Waals surface area contributed by atoms with Gasteiger partial charge >= 0.3 is 6.03 Å². The van der Waals surface area contributed by atoms with Gasteiger partial charge in [-0.3, -0.25) is 15.0 Å². The van der Waals surface area contributed by atoms with Gasteiger partial charge in [0, 0.05) is 24.1 Å². The van der Waals surface area contributed by atoms with Crippen molar-refractivity contribution in [3.8, 4) is 5.75 Å². The predicted molar refractivity (Wildman–Crippen MR) is 86.9 cm³/mol. The van der Waals surface area contributed by atoms with Crippen LogP contribution in [0.2, 0.25) is 0 Å². The minimum absolute atomic E-state index is 0.0623. The summed E-state index contributed by atoms with van der Waals surface area (Å²) in [4.78, 5) is 24.5. The number of anilines is 1. The van der Waals surface area contributed by atoms with Crippen LogP contribution in [-0.4, -0.2) is 16.7 Å². The molecule has 0 aliphatic carbocycles. The van der Waals surface area contributed by atoms with E-state index in [1.165, 1.54) is 41.3 Å². The first-order valence-corrected chi connectivity index (χ1v) is 7.71. The number of ether oxygens (including phenoxy) is 1. The van der Waals surface area contributed by atoms with Gasteiger partial charge < -0.3 is 10.1 Å². The number of hydrogen-bond donors (Lipinski definition) is 1. The molecule has 2 atom stereocenters. The van der Waals surface area contributed by atoms with Crippen molar-refractivity contribution in [1.82, 2.24) is 5.32 Å². The Kier molecular flexibility index (Phi) is 3.18. The molecule has 25 heavy (non-hydrogen) atoms. The third-order valence-electron chi connectivity index (χ3n) is 4.53. The number of urea groups is 1. The monoisotopic (exact) mass is 343 g/mol. The molecule has 0 unspecified atom stereocenters. The Hall–Kier alpha value is -3.16. The number of nitrogens with one attached hydrogen (secondary N) is 1. The van der Waals surface area contributed by atoms with E-state index in [9.17, 15) is 19.3 Å². The molecule has 0 aromatic heterocycles. The van der Waals surface area contributed by atoms with Gasteiger partial charge in [0.25, 0.3) is 5.69 Å². The minimum atomic E-state index is -1.02. The van der Waals surface area contributed by atoms with Gasteiger partial charge in [0.05, 0.1) is 16.7 Å². The summed E-state index contributed by atoms with van der Waals surface area (Å²) in [6.07, 6.45) is 0.378. The molecule has 2 amide bonds. The smallest absolute Gasteiger partial charge is 0.325 e. The Morgan fingerprint density at radius 3 is 2.88 bits per heavy atom. The summed E-state index contributed by atoms with van der Waals surface area (Å²) in [5.41, 5.74) is -0.139. The van der Waals surface area contributed by atoms with E-state index in [0.29, 0.717) is 23.4 Å². The van der Waals surface area contributed by atoms with Crippen molar-refractivity contribution >= 4 is 17.4 Å². The topological polar surface area (TPSA) is 84.7 Å². The van der Waals surface area contributed by atoms with Crippen LogP contribution in [0.5, 0.6) is 5.75 Å². The number of rotatable bonds is 2. The average Bonchev–Trinajstić information content (AvgIpc) is 2.53. The van der Waals surface area contributed by atoms with Gasteiger partial charge in [0.1, 0.15) is 11.6 Å². The highest BCUT2D eigenvalue weighted by Crippen LogP contribution is 2.46. The van der Waals surface area contributed by atoms with E-state index in [-0.39, 0.29) is 5.69 Å². The second-order valence-electron chi connectivity index (χ2n) is 6.28. The second-order valence-corrected chi connectivity index (χ2v) is 6.28. The maximum absolute atomic E-state index is 13.6. The van der Waals surface area contributed by atoms with E-state index in [4.69, 9.17) is 4.74 Å². The van der Waals surface area contributed by atoms with E-state index >= 15 is 0 Å². The zero-order valence-electron chi connectivity index (χ0n) is 13.2. The molecule has 2 bridgehead atoms. The van der Waals surface area contributed by atoms with Crippen LogP contribution >= 0.6 is 0 Å². The van der Waals surface area contributed by atoms with Gasteiger partial charge in [-0.25, -0.2) is 9.18 Å². The van der Waals surface area contributed by atoms with Crippen molar-refractivity contribution in [2.45, 2.75) is 25.1 Å². The van der Waals surface area contributed by atoms with Crippen LogP contribution in [0.3, 0.4) is 0 Å². The first-order chi connectivity index (χ1) is 11.9. The zero-order valence-corrected chi connectivity index (χ0v) is 13.2. The Balaban J connectivity index is 1.79. The molecule has 2 heterocycles. The number of halogens is 1. The first kappa shape index (κ1) is 15.4. The van der Waals surface area contributed by atoms with Crippen LogP contribution in [0.4, 0.5) is 20.6 Å². The third-order valence-corrected chi connectivity index (χ3v) is 4.53. The van der Waals surface area contributed by atoms with E-state index in [2.05, 4.69) is 5.32 Å². The molecule has 2 aromatic rings. The normalized spacial score (nSPS) is 24.2. The fourth-order valence-corrected chi connectivity index (χ4v) is 3.48. The molecule has 0 saturated carbocycles. The number of benzene rings is 2. The van der Waals surface area contributed by atoms with Crippen molar-refractivity contribution in [3.05, 3.63) is 64.0 Å². The molecule has 0 spiro atoms. The lowest BCUT2D eigenvalue weighted by atomic mass is 9.90. The van der Waals surface area contributed by atoms with Crippen molar-refractivity contribution in [2.75, 3.05) is 4.90 Å². The molecule has 1 N–H and O–H groups in total. The van der Waals surface area contributed by atoms with Gasteiger partial charge in [0.15, 0.2) is 5.72 Å². The molecule has 2 aromatic carbocycles. The SMILES string of the molecule is C[C@@]12C[C@@H](NC(=O)N1c1cccc(F)c1)c1cc([N+](=O)[O-])ccc1O2. The van der Waals surface area contributed by atoms with Crippen LogP contribution in [0.25, 0.3) is 0 Å². The molecule has 2 aliphatic rings. The van der Waals surface area contributed by atoms with Crippen LogP contribution < -0.4 is 15.0 Å². The molecular weight excluding hydrogens is 329 g/mol. The lowest BCUT2D eigenvalue weighted by Gasteiger charge is -2.50. The predicted octanol–water partition coefficient (Wildman–Crippen LogP) is 3.50. The van der Waals surface area contributed by atoms with Crippen molar-refractivity contribution < 1.29 is 18.8 Å². The van der Waals surface area contributed by atoms with Gasteiger partial charge in [0.2, 0.25) is 0 Å².